The van der Waals surface area contributed by atoms with Gasteiger partial charge in [0.1, 0.15) is 17.9 Å². The molecule has 0 fully saturated rings. The van der Waals surface area contributed by atoms with Crippen LogP contribution in [0, 0.1) is 0 Å². The molecule has 4 nitrogen and oxygen atoms in total. The lowest BCUT2D eigenvalue weighted by Gasteiger charge is -2.05. The lowest BCUT2D eigenvalue weighted by molar-refractivity contribution is 0.513. The van der Waals surface area contributed by atoms with Gasteiger partial charge in [0.2, 0.25) is 0 Å². The molecule has 0 radical (unpaired) electrons. The van der Waals surface area contributed by atoms with Crippen LogP contribution >= 0.6 is 0 Å². The van der Waals surface area contributed by atoms with E-state index in [9.17, 15) is 0 Å². The molecule has 90 valence electrons. The zero-order valence-electron chi connectivity index (χ0n) is 10.0. The first-order chi connectivity index (χ1) is 8.38. The molecule has 0 aliphatic carbocycles. The van der Waals surface area contributed by atoms with Crippen molar-refractivity contribution < 1.29 is 4.42 Å². The Labute approximate surface area is 101 Å². The van der Waals surface area contributed by atoms with Crippen molar-refractivity contribution in [2.45, 2.75) is 26.2 Å². The Kier molecular flexibility index (Phi) is 4.13. The van der Waals surface area contributed by atoms with E-state index in [2.05, 4.69) is 22.2 Å². The van der Waals surface area contributed by atoms with E-state index < -0.39 is 0 Å². The van der Waals surface area contributed by atoms with Crippen LogP contribution < -0.4 is 5.32 Å². The normalized spacial score (nSPS) is 10.4. The number of hydrogen-bond acceptors (Lipinski definition) is 4. The number of nitrogens with zero attached hydrogens (tertiary/aromatic N) is 2. The molecule has 1 N–H and O–H groups in total. The zero-order chi connectivity index (χ0) is 11.9. The molecule has 0 spiro atoms. The SMILES string of the molecule is CCCc1cc(NCCc2ccco2)ncn1. The van der Waals surface area contributed by atoms with E-state index in [0.717, 1.165) is 43.1 Å². The van der Waals surface area contributed by atoms with Crippen LogP contribution in [0.1, 0.15) is 24.8 Å². The lowest BCUT2D eigenvalue weighted by Crippen LogP contribution is -2.06. The van der Waals surface area contributed by atoms with Crippen molar-refractivity contribution in [3.63, 3.8) is 0 Å². The highest BCUT2D eigenvalue weighted by atomic mass is 16.3. The van der Waals surface area contributed by atoms with E-state index in [1.807, 2.05) is 18.2 Å². The largest absolute Gasteiger partial charge is 0.469 e. The first-order valence-corrected chi connectivity index (χ1v) is 5.95. The molecule has 0 unspecified atom stereocenters. The molecule has 0 bridgehead atoms. The number of aromatic nitrogens is 2. The van der Waals surface area contributed by atoms with Crippen molar-refractivity contribution >= 4 is 5.82 Å². The molecular formula is C13H17N3O. The van der Waals surface area contributed by atoms with Gasteiger partial charge < -0.3 is 9.73 Å². The molecule has 0 aliphatic heterocycles. The van der Waals surface area contributed by atoms with E-state index in [4.69, 9.17) is 4.42 Å². The van der Waals surface area contributed by atoms with Crippen LogP contribution in [-0.4, -0.2) is 16.5 Å². The minimum Gasteiger partial charge on any atom is -0.469 e. The number of furan rings is 1. The molecule has 0 aliphatic rings. The monoisotopic (exact) mass is 231 g/mol. The second-order valence-corrected chi connectivity index (χ2v) is 3.90. The van der Waals surface area contributed by atoms with Gasteiger partial charge in [0.05, 0.1) is 6.26 Å². The smallest absolute Gasteiger partial charge is 0.129 e. The Bertz CT molecular complexity index is 440. The number of rotatable bonds is 6. The molecule has 17 heavy (non-hydrogen) atoms. The molecule has 2 heterocycles. The molecule has 0 amide bonds. The Balaban J connectivity index is 1.84. The van der Waals surface area contributed by atoms with E-state index in [1.165, 1.54) is 0 Å². The summed E-state index contributed by atoms with van der Waals surface area (Å²) in [6.07, 6.45) is 6.26. The van der Waals surface area contributed by atoms with Crippen LogP contribution in [-0.2, 0) is 12.8 Å². The average molecular weight is 231 g/mol. The topological polar surface area (TPSA) is 51.0 Å². The maximum Gasteiger partial charge on any atom is 0.129 e. The number of anilines is 1. The van der Waals surface area contributed by atoms with Gasteiger partial charge in [-0.2, -0.15) is 0 Å². The predicted molar refractivity (Wildman–Crippen MR) is 66.9 cm³/mol. The van der Waals surface area contributed by atoms with Crippen LogP contribution in [0.2, 0.25) is 0 Å². The molecule has 0 saturated carbocycles. The van der Waals surface area contributed by atoms with Gasteiger partial charge in [-0.3, -0.25) is 0 Å². The van der Waals surface area contributed by atoms with E-state index in [1.54, 1.807) is 12.6 Å². The Morgan fingerprint density at radius 2 is 2.24 bits per heavy atom. The fraction of sp³-hybridized carbons (Fsp3) is 0.385. The van der Waals surface area contributed by atoms with Gasteiger partial charge in [-0.05, 0) is 18.6 Å². The predicted octanol–water partition coefficient (Wildman–Crippen LogP) is 2.68. The maximum absolute atomic E-state index is 5.26. The Morgan fingerprint density at radius 1 is 1.29 bits per heavy atom. The molecule has 4 heteroatoms. The van der Waals surface area contributed by atoms with Crippen molar-refractivity contribution in [2.24, 2.45) is 0 Å². The van der Waals surface area contributed by atoms with E-state index in [0.29, 0.717) is 0 Å². The van der Waals surface area contributed by atoms with Crippen LogP contribution in [0.25, 0.3) is 0 Å². The van der Waals surface area contributed by atoms with Crippen LogP contribution in [0.3, 0.4) is 0 Å². The fourth-order valence-corrected chi connectivity index (χ4v) is 1.66. The second kappa shape index (κ2) is 6.03. The molecule has 2 rings (SSSR count). The molecule has 2 aromatic rings. The van der Waals surface area contributed by atoms with Crippen molar-refractivity contribution in [3.8, 4) is 0 Å². The molecule has 0 atom stereocenters. The van der Waals surface area contributed by atoms with Crippen LogP contribution in [0.4, 0.5) is 5.82 Å². The number of nitrogens with one attached hydrogen (secondary N) is 1. The van der Waals surface area contributed by atoms with Crippen molar-refractivity contribution in [1.29, 1.82) is 0 Å². The highest BCUT2D eigenvalue weighted by Gasteiger charge is 1.99. The van der Waals surface area contributed by atoms with Crippen molar-refractivity contribution in [1.82, 2.24) is 9.97 Å². The van der Waals surface area contributed by atoms with Gasteiger partial charge >= 0.3 is 0 Å². The average Bonchev–Trinajstić information content (AvgIpc) is 2.83. The highest BCUT2D eigenvalue weighted by Crippen LogP contribution is 2.07. The summed E-state index contributed by atoms with van der Waals surface area (Å²) in [5, 5.41) is 3.27. The van der Waals surface area contributed by atoms with Gasteiger partial charge in [0.15, 0.2) is 0 Å². The molecule has 0 saturated heterocycles. The number of aryl methyl sites for hydroxylation is 1. The van der Waals surface area contributed by atoms with Gasteiger partial charge in [0, 0.05) is 24.7 Å². The summed E-state index contributed by atoms with van der Waals surface area (Å²) in [4.78, 5) is 8.41. The third-order valence-electron chi connectivity index (χ3n) is 2.49. The van der Waals surface area contributed by atoms with Crippen LogP contribution in [0.15, 0.2) is 35.2 Å². The second-order valence-electron chi connectivity index (χ2n) is 3.90. The summed E-state index contributed by atoms with van der Waals surface area (Å²) < 4.78 is 5.26. The standard InChI is InChI=1S/C13H17N3O/c1-2-4-11-9-13(16-10-15-11)14-7-6-12-5-3-8-17-12/h3,5,8-10H,2,4,6-7H2,1H3,(H,14,15,16). The first kappa shape index (κ1) is 11.6. The summed E-state index contributed by atoms with van der Waals surface area (Å²) >= 11 is 0. The van der Waals surface area contributed by atoms with Gasteiger partial charge in [-0.25, -0.2) is 9.97 Å². The summed E-state index contributed by atoms with van der Waals surface area (Å²) in [5.41, 5.74) is 1.09. The summed E-state index contributed by atoms with van der Waals surface area (Å²) in [6, 6.07) is 5.88. The summed E-state index contributed by atoms with van der Waals surface area (Å²) in [5.74, 6) is 1.87. The minimum atomic E-state index is 0.816. The quantitative estimate of drug-likeness (QED) is 0.830. The van der Waals surface area contributed by atoms with Crippen molar-refractivity contribution in [2.75, 3.05) is 11.9 Å². The summed E-state index contributed by atoms with van der Waals surface area (Å²) in [7, 11) is 0. The third-order valence-corrected chi connectivity index (χ3v) is 2.49. The summed E-state index contributed by atoms with van der Waals surface area (Å²) in [6.45, 7) is 2.96. The first-order valence-electron chi connectivity index (χ1n) is 5.95. The highest BCUT2D eigenvalue weighted by molar-refractivity contribution is 5.34. The Hall–Kier alpha value is -1.84. The Morgan fingerprint density at radius 3 is 3.00 bits per heavy atom. The molecule has 2 aromatic heterocycles. The van der Waals surface area contributed by atoms with E-state index in [-0.39, 0.29) is 0 Å². The van der Waals surface area contributed by atoms with Gasteiger partial charge in [0.25, 0.3) is 0 Å². The fourth-order valence-electron chi connectivity index (χ4n) is 1.66. The van der Waals surface area contributed by atoms with Crippen LogP contribution in [0.5, 0.6) is 0 Å². The lowest BCUT2D eigenvalue weighted by atomic mass is 10.2. The number of hydrogen-bond donors (Lipinski definition) is 1. The van der Waals surface area contributed by atoms with Crippen molar-refractivity contribution in [3.05, 3.63) is 42.2 Å². The zero-order valence-corrected chi connectivity index (χ0v) is 10.0. The maximum atomic E-state index is 5.26. The van der Waals surface area contributed by atoms with Gasteiger partial charge in [-0.15, -0.1) is 0 Å². The molecular weight excluding hydrogens is 214 g/mol. The third kappa shape index (κ3) is 3.59. The minimum absolute atomic E-state index is 0.816. The van der Waals surface area contributed by atoms with E-state index >= 15 is 0 Å². The van der Waals surface area contributed by atoms with Gasteiger partial charge in [-0.1, -0.05) is 13.3 Å². The molecule has 0 aromatic carbocycles.